The van der Waals surface area contributed by atoms with Crippen molar-refractivity contribution in [3.05, 3.63) is 75.5 Å². The summed E-state index contributed by atoms with van der Waals surface area (Å²) in [6.07, 6.45) is 7.78. The first-order valence-electron chi connectivity index (χ1n) is 10.4. The van der Waals surface area contributed by atoms with Crippen LogP contribution in [0.15, 0.2) is 53.2 Å². The summed E-state index contributed by atoms with van der Waals surface area (Å²) in [5.74, 6) is -0.996. The number of fused-ring (bicyclic) bond motifs is 1. The SMILES string of the molecule is O=C(COC(=O)C=Cc1ccco1)Nc1sc2c(c1C(=O)Nc1ccc(Cl)cc1)CCCC2. The summed E-state index contributed by atoms with van der Waals surface area (Å²) < 4.78 is 10.1. The maximum Gasteiger partial charge on any atom is 0.331 e. The van der Waals surface area contributed by atoms with Crippen LogP contribution in [0.3, 0.4) is 0 Å². The molecule has 0 saturated carbocycles. The topological polar surface area (TPSA) is 97.6 Å². The molecule has 4 rings (SSSR count). The third kappa shape index (κ3) is 5.91. The molecule has 9 heteroatoms. The van der Waals surface area contributed by atoms with Gasteiger partial charge < -0.3 is 19.8 Å². The zero-order valence-electron chi connectivity index (χ0n) is 17.6. The zero-order chi connectivity index (χ0) is 23.2. The number of benzene rings is 1. The number of nitrogens with one attached hydrogen (secondary N) is 2. The Bertz CT molecular complexity index is 1180. The Balaban J connectivity index is 1.43. The molecule has 1 aromatic carbocycles. The molecule has 2 aromatic heterocycles. The lowest BCUT2D eigenvalue weighted by molar-refractivity contribution is -0.142. The molecule has 2 amide bonds. The van der Waals surface area contributed by atoms with Gasteiger partial charge in [-0.2, -0.15) is 0 Å². The van der Waals surface area contributed by atoms with Crippen molar-refractivity contribution in [2.75, 3.05) is 17.2 Å². The molecule has 3 aromatic rings. The number of esters is 1. The van der Waals surface area contributed by atoms with E-state index in [2.05, 4.69) is 10.6 Å². The van der Waals surface area contributed by atoms with Crippen LogP contribution >= 0.6 is 22.9 Å². The van der Waals surface area contributed by atoms with Crippen LogP contribution in [0.1, 0.15) is 39.4 Å². The van der Waals surface area contributed by atoms with E-state index in [1.54, 1.807) is 36.4 Å². The van der Waals surface area contributed by atoms with Crippen molar-refractivity contribution in [2.45, 2.75) is 25.7 Å². The minimum Gasteiger partial charge on any atom is -0.465 e. The minimum absolute atomic E-state index is 0.301. The number of carbonyl (C=O) groups is 3. The maximum absolute atomic E-state index is 13.1. The van der Waals surface area contributed by atoms with E-state index in [9.17, 15) is 14.4 Å². The predicted octanol–water partition coefficient (Wildman–Crippen LogP) is 5.32. The summed E-state index contributed by atoms with van der Waals surface area (Å²) in [5.41, 5.74) is 2.03. The molecular formula is C24H21ClN2O5S. The lowest BCUT2D eigenvalue weighted by Crippen LogP contribution is -2.22. The van der Waals surface area contributed by atoms with Crippen LogP contribution in [-0.2, 0) is 27.2 Å². The number of anilines is 2. The maximum atomic E-state index is 13.1. The number of aryl methyl sites for hydroxylation is 1. The van der Waals surface area contributed by atoms with Crippen molar-refractivity contribution >= 4 is 57.5 Å². The van der Waals surface area contributed by atoms with Crippen LogP contribution in [0.25, 0.3) is 6.08 Å². The molecule has 7 nitrogen and oxygen atoms in total. The van der Waals surface area contributed by atoms with E-state index in [-0.39, 0.29) is 5.91 Å². The third-order valence-corrected chi connectivity index (χ3v) is 6.49. The second-order valence-electron chi connectivity index (χ2n) is 7.38. The summed E-state index contributed by atoms with van der Waals surface area (Å²) in [6, 6.07) is 10.2. The Labute approximate surface area is 199 Å². The van der Waals surface area contributed by atoms with Crippen molar-refractivity contribution < 1.29 is 23.5 Å². The molecule has 0 aliphatic heterocycles. The number of rotatable bonds is 7. The monoisotopic (exact) mass is 484 g/mol. The molecule has 0 bridgehead atoms. The molecule has 170 valence electrons. The highest BCUT2D eigenvalue weighted by Gasteiger charge is 2.26. The normalized spacial score (nSPS) is 12.9. The number of thiophene rings is 1. The van der Waals surface area contributed by atoms with E-state index in [4.69, 9.17) is 20.8 Å². The third-order valence-electron chi connectivity index (χ3n) is 5.03. The van der Waals surface area contributed by atoms with E-state index < -0.39 is 18.5 Å². The largest absolute Gasteiger partial charge is 0.465 e. The van der Waals surface area contributed by atoms with Gasteiger partial charge in [-0.3, -0.25) is 9.59 Å². The van der Waals surface area contributed by atoms with Crippen molar-refractivity contribution in [1.82, 2.24) is 0 Å². The summed E-state index contributed by atoms with van der Waals surface area (Å²) in [7, 11) is 0. The highest BCUT2D eigenvalue weighted by molar-refractivity contribution is 7.17. The van der Waals surface area contributed by atoms with Gasteiger partial charge in [0.2, 0.25) is 0 Å². The van der Waals surface area contributed by atoms with Crippen molar-refractivity contribution in [2.24, 2.45) is 0 Å². The number of carbonyl (C=O) groups excluding carboxylic acids is 3. The zero-order valence-corrected chi connectivity index (χ0v) is 19.1. The molecule has 2 heterocycles. The summed E-state index contributed by atoms with van der Waals surface area (Å²) in [4.78, 5) is 38.5. The first kappa shape index (κ1) is 22.8. The standard InChI is InChI=1S/C24H21ClN2O5S/c25-15-7-9-16(10-8-15)26-23(30)22-18-5-1-2-6-19(18)33-24(22)27-20(28)14-32-21(29)12-11-17-4-3-13-31-17/h3-4,7-13H,1-2,5-6,14H2,(H,26,30)(H,27,28). The first-order chi connectivity index (χ1) is 16.0. The average Bonchev–Trinajstić information content (AvgIpc) is 3.45. The van der Waals surface area contributed by atoms with Gasteiger partial charge in [-0.05, 0) is 73.7 Å². The fourth-order valence-electron chi connectivity index (χ4n) is 3.50. The van der Waals surface area contributed by atoms with Crippen molar-refractivity contribution in [3.8, 4) is 0 Å². The van der Waals surface area contributed by atoms with E-state index in [0.29, 0.717) is 27.0 Å². The summed E-state index contributed by atoms with van der Waals surface area (Å²) >= 11 is 7.31. The number of halogens is 1. The average molecular weight is 485 g/mol. The lowest BCUT2D eigenvalue weighted by atomic mass is 9.95. The van der Waals surface area contributed by atoms with Crippen LogP contribution < -0.4 is 10.6 Å². The smallest absolute Gasteiger partial charge is 0.331 e. The number of furan rings is 1. The molecule has 1 aliphatic carbocycles. The van der Waals surface area contributed by atoms with Crippen LogP contribution in [0.5, 0.6) is 0 Å². The summed E-state index contributed by atoms with van der Waals surface area (Å²) in [6.45, 7) is -0.470. The van der Waals surface area contributed by atoms with Gasteiger partial charge in [-0.15, -0.1) is 11.3 Å². The second-order valence-corrected chi connectivity index (χ2v) is 8.92. The fourth-order valence-corrected chi connectivity index (χ4v) is 4.93. The molecule has 0 unspecified atom stereocenters. The van der Waals surface area contributed by atoms with Gasteiger partial charge in [-0.1, -0.05) is 11.6 Å². The van der Waals surface area contributed by atoms with Crippen LogP contribution in [0.4, 0.5) is 10.7 Å². The molecule has 0 atom stereocenters. The van der Waals surface area contributed by atoms with Gasteiger partial charge in [0, 0.05) is 21.7 Å². The Morgan fingerprint density at radius 2 is 1.88 bits per heavy atom. The molecule has 0 fully saturated rings. The molecular weight excluding hydrogens is 464 g/mol. The number of ether oxygens (including phenoxy) is 1. The second kappa shape index (κ2) is 10.5. The van der Waals surface area contributed by atoms with Gasteiger partial charge in [-0.25, -0.2) is 4.79 Å². The quantitative estimate of drug-likeness (QED) is 0.349. The number of hydrogen-bond donors (Lipinski definition) is 2. The van der Waals surface area contributed by atoms with E-state index in [0.717, 1.165) is 36.1 Å². The van der Waals surface area contributed by atoms with Gasteiger partial charge in [0.25, 0.3) is 11.8 Å². The van der Waals surface area contributed by atoms with Crippen molar-refractivity contribution in [1.29, 1.82) is 0 Å². The Hall–Kier alpha value is -3.36. The molecule has 33 heavy (non-hydrogen) atoms. The van der Waals surface area contributed by atoms with E-state index in [1.165, 1.54) is 29.8 Å². The first-order valence-corrected chi connectivity index (χ1v) is 11.6. The molecule has 0 saturated heterocycles. The predicted molar refractivity (Wildman–Crippen MR) is 128 cm³/mol. The Kier molecular flexibility index (Phi) is 7.26. The molecule has 0 spiro atoms. The van der Waals surface area contributed by atoms with Crippen LogP contribution in [-0.4, -0.2) is 24.4 Å². The summed E-state index contributed by atoms with van der Waals surface area (Å²) in [5, 5.41) is 6.65. The van der Waals surface area contributed by atoms with Crippen LogP contribution in [0, 0.1) is 0 Å². The highest BCUT2D eigenvalue weighted by atomic mass is 35.5. The number of hydrogen-bond acceptors (Lipinski definition) is 6. The molecule has 0 radical (unpaired) electrons. The highest BCUT2D eigenvalue weighted by Crippen LogP contribution is 2.38. The Morgan fingerprint density at radius 3 is 2.64 bits per heavy atom. The molecule has 1 aliphatic rings. The van der Waals surface area contributed by atoms with Crippen molar-refractivity contribution in [3.63, 3.8) is 0 Å². The minimum atomic E-state index is -0.673. The van der Waals surface area contributed by atoms with Gasteiger partial charge in [0.1, 0.15) is 10.8 Å². The van der Waals surface area contributed by atoms with Crippen LogP contribution in [0.2, 0.25) is 5.02 Å². The molecule has 2 N–H and O–H groups in total. The fraction of sp³-hybridized carbons (Fsp3) is 0.208. The van der Waals surface area contributed by atoms with E-state index >= 15 is 0 Å². The number of amides is 2. The van der Waals surface area contributed by atoms with Gasteiger partial charge in [0.05, 0.1) is 11.8 Å². The lowest BCUT2D eigenvalue weighted by Gasteiger charge is -2.13. The van der Waals surface area contributed by atoms with E-state index in [1.807, 2.05) is 0 Å². The van der Waals surface area contributed by atoms with Gasteiger partial charge >= 0.3 is 5.97 Å². The Morgan fingerprint density at radius 1 is 1.09 bits per heavy atom. The van der Waals surface area contributed by atoms with Gasteiger partial charge in [0.15, 0.2) is 6.61 Å².